The van der Waals surface area contributed by atoms with E-state index in [-0.39, 0.29) is 0 Å². The van der Waals surface area contributed by atoms with Crippen LogP contribution >= 0.6 is 0 Å². The molecular formula is C9H12F2O2. The zero-order valence-electron chi connectivity index (χ0n) is 7.17. The zero-order valence-corrected chi connectivity index (χ0v) is 7.17. The van der Waals surface area contributed by atoms with Crippen LogP contribution < -0.4 is 0 Å². The zero-order chi connectivity index (χ0) is 9.64. The summed E-state index contributed by atoms with van der Waals surface area (Å²) in [4.78, 5) is 10.9. The Morgan fingerprint density at radius 3 is 2.38 bits per heavy atom. The maximum atomic E-state index is 12.2. The van der Waals surface area contributed by atoms with Crippen molar-refractivity contribution in [2.45, 2.75) is 32.1 Å². The molecule has 2 aliphatic carbocycles. The second-order valence-corrected chi connectivity index (χ2v) is 4.34. The summed E-state index contributed by atoms with van der Waals surface area (Å²) in [5.74, 6) is -0.176. The van der Waals surface area contributed by atoms with Crippen molar-refractivity contribution in [3.63, 3.8) is 0 Å². The molecule has 2 rings (SSSR count). The van der Waals surface area contributed by atoms with Gasteiger partial charge in [-0.2, -0.15) is 0 Å². The Hall–Kier alpha value is -0.670. The van der Waals surface area contributed by atoms with Crippen LogP contribution in [0.3, 0.4) is 0 Å². The average molecular weight is 190 g/mol. The van der Waals surface area contributed by atoms with Crippen molar-refractivity contribution in [1.82, 2.24) is 0 Å². The van der Waals surface area contributed by atoms with Crippen molar-refractivity contribution in [2.24, 2.45) is 17.3 Å². The van der Waals surface area contributed by atoms with Crippen LogP contribution in [0.2, 0.25) is 0 Å². The molecule has 0 bridgehead atoms. The van der Waals surface area contributed by atoms with Crippen LogP contribution in [-0.4, -0.2) is 17.5 Å². The van der Waals surface area contributed by atoms with Gasteiger partial charge in [-0.25, -0.2) is 8.78 Å². The Balaban J connectivity index is 2.08. The number of aliphatic carboxylic acids is 1. The number of fused-ring (bicyclic) bond motifs is 1. The molecule has 2 nitrogen and oxygen atoms in total. The van der Waals surface area contributed by atoms with Gasteiger partial charge in [-0.1, -0.05) is 0 Å². The molecular weight excluding hydrogens is 178 g/mol. The third-order valence-electron chi connectivity index (χ3n) is 3.37. The lowest BCUT2D eigenvalue weighted by atomic mass is 9.80. The van der Waals surface area contributed by atoms with Crippen molar-refractivity contribution < 1.29 is 18.7 Å². The van der Waals surface area contributed by atoms with Gasteiger partial charge < -0.3 is 5.11 Å². The number of carbonyl (C=O) groups is 1. The molecule has 0 saturated heterocycles. The summed E-state index contributed by atoms with van der Waals surface area (Å²) in [6, 6.07) is 0. The second-order valence-electron chi connectivity index (χ2n) is 4.34. The molecule has 2 fully saturated rings. The van der Waals surface area contributed by atoms with Gasteiger partial charge in [0, 0.05) is 6.42 Å². The van der Waals surface area contributed by atoms with E-state index >= 15 is 0 Å². The SMILES string of the molecule is O=C(O)C1(CC(F)F)CC2CC2C1. The Morgan fingerprint density at radius 2 is 2.00 bits per heavy atom. The van der Waals surface area contributed by atoms with Crippen LogP contribution in [0, 0.1) is 17.3 Å². The fourth-order valence-electron chi connectivity index (χ4n) is 2.62. The number of carboxylic acids is 1. The molecule has 2 unspecified atom stereocenters. The monoisotopic (exact) mass is 190 g/mol. The molecule has 1 N–H and O–H groups in total. The fraction of sp³-hybridized carbons (Fsp3) is 0.889. The first-order valence-corrected chi connectivity index (χ1v) is 4.55. The average Bonchev–Trinajstić information content (AvgIpc) is 2.58. The van der Waals surface area contributed by atoms with Crippen LogP contribution in [0.5, 0.6) is 0 Å². The molecule has 0 aliphatic heterocycles. The molecule has 4 heteroatoms. The molecule has 2 atom stereocenters. The van der Waals surface area contributed by atoms with Crippen LogP contribution in [0.25, 0.3) is 0 Å². The van der Waals surface area contributed by atoms with Gasteiger partial charge >= 0.3 is 5.97 Å². The second kappa shape index (κ2) is 2.66. The number of halogens is 2. The number of alkyl halides is 2. The molecule has 0 spiro atoms. The first-order chi connectivity index (χ1) is 6.03. The lowest BCUT2D eigenvalue weighted by molar-refractivity contribution is -0.152. The van der Waals surface area contributed by atoms with Gasteiger partial charge in [0.1, 0.15) is 0 Å². The summed E-state index contributed by atoms with van der Waals surface area (Å²) in [6.07, 6.45) is -0.962. The van der Waals surface area contributed by atoms with Crippen molar-refractivity contribution in [1.29, 1.82) is 0 Å². The normalized spacial score (nSPS) is 42.1. The van der Waals surface area contributed by atoms with Crippen LogP contribution in [0.15, 0.2) is 0 Å². The van der Waals surface area contributed by atoms with Gasteiger partial charge in [-0.3, -0.25) is 4.79 Å². The molecule has 0 aromatic rings. The maximum Gasteiger partial charge on any atom is 0.309 e. The maximum absolute atomic E-state index is 12.2. The van der Waals surface area contributed by atoms with E-state index in [2.05, 4.69) is 0 Å². The Morgan fingerprint density at radius 1 is 1.46 bits per heavy atom. The molecule has 74 valence electrons. The van der Waals surface area contributed by atoms with Gasteiger partial charge in [0.2, 0.25) is 6.43 Å². The van der Waals surface area contributed by atoms with E-state index in [1.54, 1.807) is 0 Å². The minimum Gasteiger partial charge on any atom is -0.481 e. The molecule has 13 heavy (non-hydrogen) atoms. The van der Waals surface area contributed by atoms with Crippen LogP contribution in [0.4, 0.5) is 8.78 Å². The lowest BCUT2D eigenvalue weighted by Gasteiger charge is -2.25. The standard InChI is InChI=1S/C9H12F2O2/c10-7(11)4-9(8(12)13)2-5-1-6(5)3-9/h5-7H,1-4H2,(H,12,13). The smallest absolute Gasteiger partial charge is 0.309 e. The molecule has 0 aromatic carbocycles. The van der Waals surface area contributed by atoms with Gasteiger partial charge in [0.05, 0.1) is 5.41 Å². The molecule has 2 aliphatic rings. The van der Waals surface area contributed by atoms with E-state index in [9.17, 15) is 13.6 Å². The molecule has 0 radical (unpaired) electrons. The van der Waals surface area contributed by atoms with Gasteiger partial charge in [-0.15, -0.1) is 0 Å². The molecule has 2 saturated carbocycles. The molecule has 0 aromatic heterocycles. The molecule has 0 amide bonds. The van der Waals surface area contributed by atoms with Gasteiger partial charge in [0.15, 0.2) is 0 Å². The minimum atomic E-state index is -2.49. The van der Waals surface area contributed by atoms with Crippen molar-refractivity contribution >= 4 is 5.97 Å². The van der Waals surface area contributed by atoms with E-state index in [0.717, 1.165) is 6.42 Å². The number of hydrogen-bond acceptors (Lipinski definition) is 1. The third-order valence-corrected chi connectivity index (χ3v) is 3.37. The summed E-state index contributed by atoms with van der Waals surface area (Å²) >= 11 is 0. The lowest BCUT2D eigenvalue weighted by Crippen LogP contribution is -2.31. The fourth-order valence-corrected chi connectivity index (χ4v) is 2.62. The first kappa shape index (κ1) is 8.91. The number of carboxylic acid groups (broad SMARTS) is 1. The van der Waals surface area contributed by atoms with Gasteiger partial charge in [-0.05, 0) is 31.1 Å². The van der Waals surface area contributed by atoms with E-state index in [4.69, 9.17) is 5.11 Å². The highest BCUT2D eigenvalue weighted by Crippen LogP contribution is 2.61. The molecule has 0 heterocycles. The predicted octanol–water partition coefficient (Wildman–Crippen LogP) is 2.14. The summed E-state index contributed by atoms with van der Waals surface area (Å²) < 4.78 is 24.3. The van der Waals surface area contributed by atoms with E-state index in [1.165, 1.54) is 0 Å². The van der Waals surface area contributed by atoms with Crippen molar-refractivity contribution in [2.75, 3.05) is 0 Å². The van der Waals surface area contributed by atoms with Crippen molar-refractivity contribution in [3.8, 4) is 0 Å². The van der Waals surface area contributed by atoms with E-state index < -0.39 is 24.2 Å². The third kappa shape index (κ3) is 1.42. The van der Waals surface area contributed by atoms with Crippen molar-refractivity contribution in [3.05, 3.63) is 0 Å². The summed E-state index contributed by atoms with van der Waals surface area (Å²) in [7, 11) is 0. The Kier molecular flexibility index (Phi) is 1.82. The number of hydrogen-bond donors (Lipinski definition) is 1. The van der Waals surface area contributed by atoms with E-state index in [0.29, 0.717) is 24.7 Å². The highest BCUT2D eigenvalue weighted by molar-refractivity contribution is 5.75. The summed E-state index contributed by atoms with van der Waals surface area (Å²) in [6.45, 7) is 0. The van der Waals surface area contributed by atoms with Gasteiger partial charge in [0.25, 0.3) is 0 Å². The Bertz CT molecular complexity index is 230. The Labute approximate surface area is 74.9 Å². The summed E-state index contributed by atoms with van der Waals surface area (Å²) in [5.41, 5.74) is -1.10. The predicted molar refractivity (Wildman–Crippen MR) is 41.5 cm³/mol. The highest BCUT2D eigenvalue weighted by Gasteiger charge is 2.58. The van der Waals surface area contributed by atoms with E-state index in [1.807, 2.05) is 0 Å². The topological polar surface area (TPSA) is 37.3 Å². The first-order valence-electron chi connectivity index (χ1n) is 4.55. The number of rotatable bonds is 3. The van der Waals surface area contributed by atoms with Crippen LogP contribution in [0.1, 0.15) is 25.7 Å². The quantitative estimate of drug-likeness (QED) is 0.740. The minimum absolute atomic E-state index is 0.426. The van der Waals surface area contributed by atoms with Crippen LogP contribution in [-0.2, 0) is 4.79 Å². The summed E-state index contributed by atoms with van der Waals surface area (Å²) in [5, 5.41) is 8.92. The highest BCUT2D eigenvalue weighted by atomic mass is 19.3. The largest absolute Gasteiger partial charge is 0.481 e.